The Morgan fingerprint density at radius 3 is 2.70 bits per heavy atom. The Kier molecular flexibility index (Phi) is 5.20. The van der Waals surface area contributed by atoms with Crippen LogP contribution in [0, 0.1) is 0 Å². The lowest BCUT2D eigenvalue weighted by Gasteiger charge is -2.09. The first kappa shape index (κ1) is 16.4. The zero-order valence-electron chi connectivity index (χ0n) is 13.0. The molecule has 1 amide bonds. The van der Waals surface area contributed by atoms with E-state index in [1.807, 2.05) is 37.3 Å². The van der Waals surface area contributed by atoms with Gasteiger partial charge in [-0.25, -0.2) is 0 Å². The van der Waals surface area contributed by atoms with Crippen molar-refractivity contribution in [2.45, 2.75) is 13.5 Å². The molecule has 2 rings (SSSR count). The van der Waals surface area contributed by atoms with Crippen LogP contribution in [0.15, 0.2) is 49.1 Å². The number of hydrogen-bond acceptors (Lipinski definition) is 3. The molecule has 0 unspecified atom stereocenters. The first-order valence-corrected chi connectivity index (χ1v) is 7.30. The SMILES string of the molecule is C=Cc1cc(CNC(=O)c2ccc(N)c(O)c2)ccc1/C=C\C. The van der Waals surface area contributed by atoms with E-state index < -0.39 is 0 Å². The second kappa shape index (κ2) is 7.31. The average Bonchev–Trinajstić information content (AvgIpc) is 2.56. The summed E-state index contributed by atoms with van der Waals surface area (Å²) in [4.78, 5) is 12.1. The van der Waals surface area contributed by atoms with E-state index in [4.69, 9.17) is 5.73 Å². The molecule has 0 fully saturated rings. The molecule has 0 aliphatic heterocycles. The van der Waals surface area contributed by atoms with Gasteiger partial charge in [0.15, 0.2) is 0 Å². The van der Waals surface area contributed by atoms with Crippen LogP contribution in [0.2, 0.25) is 0 Å². The molecule has 0 spiro atoms. The van der Waals surface area contributed by atoms with Crippen LogP contribution < -0.4 is 11.1 Å². The largest absolute Gasteiger partial charge is 0.506 e. The Bertz CT molecular complexity index is 764. The number of nitrogens with two attached hydrogens (primary N) is 1. The maximum atomic E-state index is 12.1. The summed E-state index contributed by atoms with van der Waals surface area (Å²) >= 11 is 0. The second-order valence-corrected chi connectivity index (χ2v) is 5.12. The van der Waals surface area contributed by atoms with Crippen molar-refractivity contribution in [1.82, 2.24) is 5.32 Å². The van der Waals surface area contributed by atoms with Crippen LogP contribution in [0.3, 0.4) is 0 Å². The second-order valence-electron chi connectivity index (χ2n) is 5.12. The van der Waals surface area contributed by atoms with Crippen LogP contribution in [0.25, 0.3) is 12.2 Å². The summed E-state index contributed by atoms with van der Waals surface area (Å²) in [5.74, 6) is -0.361. The first-order chi connectivity index (χ1) is 11.0. The molecule has 0 aromatic heterocycles. The van der Waals surface area contributed by atoms with Crippen LogP contribution in [0.5, 0.6) is 5.75 Å². The van der Waals surface area contributed by atoms with Gasteiger partial charge in [-0.2, -0.15) is 0 Å². The number of rotatable bonds is 5. The fourth-order valence-electron chi connectivity index (χ4n) is 2.21. The number of benzene rings is 2. The summed E-state index contributed by atoms with van der Waals surface area (Å²) in [6.07, 6.45) is 5.77. The molecule has 0 saturated carbocycles. The van der Waals surface area contributed by atoms with Crippen LogP contribution in [-0.2, 0) is 6.54 Å². The highest BCUT2D eigenvalue weighted by Gasteiger charge is 2.08. The molecule has 0 atom stereocenters. The molecule has 23 heavy (non-hydrogen) atoms. The number of amides is 1. The van der Waals surface area contributed by atoms with Crippen LogP contribution in [-0.4, -0.2) is 11.0 Å². The Morgan fingerprint density at radius 2 is 2.04 bits per heavy atom. The van der Waals surface area contributed by atoms with E-state index in [0.29, 0.717) is 12.1 Å². The molecule has 0 bridgehead atoms. The predicted molar refractivity (Wildman–Crippen MR) is 94.9 cm³/mol. The fourth-order valence-corrected chi connectivity index (χ4v) is 2.21. The van der Waals surface area contributed by atoms with Crippen molar-refractivity contribution < 1.29 is 9.90 Å². The summed E-state index contributed by atoms with van der Waals surface area (Å²) in [5, 5.41) is 12.4. The lowest BCUT2D eigenvalue weighted by Crippen LogP contribution is -2.22. The number of phenols is 1. The predicted octanol–water partition coefficient (Wildman–Crippen LogP) is 3.58. The van der Waals surface area contributed by atoms with Crippen LogP contribution in [0.4, 0.5) is 5.69 Å². The molecule has 0 saturated heterocycles. The molecular weight excluding hydrogens is 288 g/mol. The number of allylic oxidation sites excluding steroid dienone is 1. The minimum Gasteiger partial charge on any atom is -0.506 e. The number of aromatic hydroxyl groups is 1. The van der Waals surface area contributed by atoms with Gasteiger partial charge in [0.1, 0.15) is 5.75 Å². The molecule has 4 N–H and O–H groups in total. The summed E-state index contributed by atoms with van der Waals surface area (Å²) in [7, 11) is 0. The summed E-state index contributed by atoms with van der Waals surface area (Å²) in [6, 6.07) is 10.4. The van der Waals surface area contributed by atoms with Crippen LogP contribution >= 0.6 is 0 Å². The number of anilines is 1. The number of nitrogen functional groups attached to an aromatic ring is 1. The maximum absolute atomic E-state index is 12.1. The maximum Gasteiger partial charge on any atom is 0.251 e. The van der Waals surface area contributed by atoms with E-state index in [0.717, 1.165) is 16.7 Å². The van der Waals surface area contributed by atoms with Crippen molar-refractivity contribution in [2.24, 2.45) is 0 Å². The summed E-state index contributed by atoms with van der Waals surface area (Å²) in [5.41, 5.74) is 9.21. The van der Waals surface area contributed by atoms with Gasteiger partial charge < -0.3 is 16.2 Å². The Labute approximate surface area is 136 Å². The van der Waals surface area contributed by atoms with Gasteiger partial charge in [0.05, 0.1) is 5.69 Å². The lowest BCUT2D eigenvalue weighted by molar-refractivity contribution is 0.0950. The molecule has 0 radical (unpaired) electrons. The minimum absolute atomic E-state index is 0.0951. The molecule has 2 aromatic carbocycles. The van der Waals surface area contributed by atoms with Crippen molar-refractivity contribution >= 4 is 23.7 Å². The molecule has 2 aromatic rings. The molecule has 0 heterocycles. The third kappa shape index (κ3) is 4.01. The number of carbonyl (C=O) groups is 1. The molecule has 118 valence electrons. The highest BCUT2D eigenvalue weighted by Crippen LogP contribution is 2.20. The number of carbonyl (C=O) groups excluding carboxylic acids is 1. The molecule has 0 aliphatic carbocycles. The Morgan fingerprint density at radius 1 is 1.26 bits per heavy atom. The van der Waals surface area contributed by atoms with E-state index in [1.165, 1.54) is 12.1 Å². The molecular formula is C19H20N2O2. The fraction of sp³-hybridized carbons (Fsp3) is 0.105. The van der Waals surface area contributed by atoms with Crippen molar-refractivity contribution in [3.8, 4) is 5.75 Å². The van der Waals surface area contributed by atoms with Gasteiger partial charge in [0.2, 0.25) is 0 Å². The van der Waals surface area contributed by atoms with E-state index in [2.05, 4.69) is 11.9 Å². The van der Waals surface area contributed by atoms with Gasteiger partial charge in [0, 0.05) is 12.1 Å². The number of nitrogens with one attached hydrogen (secondary N) is 1. The molecule has 0 aliphatic rings. The molecule has 4 nitrogen and oxygen atoms in total. The van der Waals surface area contributed by atoms with Crippen molar-refractivity contribution in [3.05, 3.63) is 71.3 Å². The standard InChI is InChI=1S/C19H20N2O2/c1-3-5-15-7-6-13(10-14(15)4-2)12-21-19(23)16-8-9-17(20)18(22)11-16/h3-11,22H,2,12,20H2,1H3,(H,21,23)/b5-3-. The van der Waals surface area contributed by atoms with E-state index in [-0.39, 0.29) is 17.3 Å². The van der Waals surface area contributed by atoms with Crippen molar-refractivity contribution in [1.29, 1.82) is 0 Å². The van der Waals surface area contributed by atoms with Gasteiger partial charge in [-0.1, -0.05) is 36.9 Å². The number of phenolic OH excluding ortho intramolecular Hbond substituents is 1. The smallest absolute Gasteiger partial charge is 0.251 e. The van der Waals surface area contributed by atoms with Gasteiger partial charge in [-0.15, -0.1) is 0 Å². The average molecular weight is 308 g/mol. The molecule has 4 heteroatoms. The first-order valence-electron chi connectivity index (χ1n) is 7.30. The van der Waals surface area contributed by atoms with E-state index in [1.54, 1.807) is 12.1 Å². The third-order valence-corrected chi connectivity index (χ3v) is 3.46. The highest BCUT2D eigenvalue weighted by molar-refractivity contribution is 5.95. The Hall–Kier alpha value is -3.01. The van der Waals surface area contributed by atoms with E-state index in [9.17, 15) is 9.90 Å². The van der Waals surface area contributed by atoms with Crippen molar-refractivity contribution in [3.63, 3.8) is 0 Å². The zero-order chi connectivity index (χ0) is 16.8. The Balaban J connectivity index is 2.09. The monoisotopic (exact) mass is 308 g/mol. The van der Waals surface area contributed by atoms with Crippen molar-refractivity contribution in [2.75, 3.05) is 5.73 Å². The summed E-state index contributed by atoms with van der Waals surface area (Å²) in [6.45, 7) is 6.17. The lowest BCUT2D eigenvalue weighted by atomic mass is 10.0. The van der Waals surface area contributed by atoms with Gasteiger partial charge in [0.25, 0.3) is 5.91 Å². The normalized spacial score (nSPS) is 10.7. The summed E-state index contributed by atoms with van der Waals surface area (Å²) < 4.78 is 0. The highest BCUT2D eigenvalue weighted by atomic mass is 16.3. The quantitative estimate of drug-likeness (QED) is 0.584. The van der Waals surface area contributed by atoms with Gasteiger partial charge in [-0.05, 0) is 47.9 Å². The van der Waals surface area contributed by atoms with E-state index >= 15 is 0 Å². The topological polar surface area (TPSA) is 75.4 Å². The third-order valence-electron chi connectivity index (χ3n) is 3.46. The number of hydrogen-bond donors (Lipinski definition) is 3. The van der Waals surface area contributed by atoms with Gasteiger partial charge >= 0.3 is 0 Å². The minimum atomic E-state index is -0.266. The zero-order valence-corrected chi connectivity index (χ0v) is 13.0. The van der Waals surface area contributed by atoms with Gasteiger partial charge in [-0.3, -0.25) is 4.79 Å². The van der Waals surface area contributed by atoms with Crippen LogP contribution in [0.1, 0.15) is 34.0 Å².